The molecule has 3 N–H and O–H groups in total. The number of anilines is 1. The first-order valence-electron chi connectivity index (χ1n) is 12.9. The summed E-state index contributed by atoms with van der Waals surface area (Å²) in [6.45, 7) is 10.7. The van der Waals surface area contributed by atoms with Gasteiger partial charge >= 0.3 is 18.2 Å². The number of alkyl halides is 3. The van der Waals surface area contributed by atoms with Crippen LogP contribution in [0.4, 0.5) is 23.7 Å². The van der Waals surface area contributed by atoms with Crippen LogP contribution in [0.15, 0.2) is 54.6 Å². The number of halogens is 3. The molecule has 0 bridgehead atoms. The lowest BCUT2D eigenvalue weighted by Gasteiger charge is -2.31. The molecule has 2 aromatic rings. The molecule has 0 fully saturated rings. The third-order valence-corrected chi connectivity index (χ3v) is 5.83. The summed E-state index contributed by atoms with van der Waals surface area (Å²) in [7, 11) is 0. The summed E-state index contributed by atoms with van der Waals surface area (Å²) in [6, 6.07) is 14.9. The number of nitrogens with one attached hydrogen (secondary N) is 2. The van der Waals surface area contributed by atoms with Gasteiger partial charge in [-0.2, -0.15) is 13.2 Å². The van der Waals surface area contributed by atoms with E-state index < -0.39 is 35.9 Å². The Bertz CT molecular complexity index is 1040. The van der Waals surface area contributed by atoms with Crippen molar-refractivity contribution in [2.24, 2.45) is 0 Å². The summed E-state index contributed by atoms with van der Waals surface area (Å²) in [4.78, 5) is 26.5. The predicted octanol–water partition coefficient (Wildman–Crippen LogP) is 4.43. The van der Waals surface area contributed by atoms with Crippen molar-refractivity contribution in [3.8, 4) is 0 Å². The highest BCUT2D eigenvalue weighted by molar-refractivity contribution is 5.82. The first-order valence-corrected chi connectivity index (χ1v) is 12.9. The summed E-state index contributed by atoms with van der Waals surface area (Å²) in [5, 5.41) is 14.3. The van der Waals surface area contributed by atoms with Gasteiger partial charge in [0.15, 0.2) is 0 Å². The molecule has 8 nitrogen and oxygen atoms in total. The molecule has 2 aromatic carbocycles. The minimum Gasteiger partial charge on any atom is -0.443 e. The van der Waals surface area contributed by atoms with Crippen LogP contribution in [0.5, 0.6) is 0 Å². The number of carbonyl (C=O) groups excluding carboxylic acids is 2. The zero-order valence-electron chi connectivity index (χ0n) is 23.1. The maximum atomic E-state index is 13.1. The Morgan fingerprint density at radius 1 is 0.949 bits per heavy atom. The van der Waals surface area contributed by atoms with Gasteiger partial charge in [0.05, 0.1) is 12.1 Å². The van der Waals surface area contributed by atoms with E-state index in [9.17, 15) is 27.9 Å². The van der Waals surface area contributed by atoms with Gasteiger partial charge in [0.1, 0.15) is 5.60 Å². The van der Waals surface area contributed by atoms with Gasteiger partial charge in [-0.1, -0.05) is 42.5 Å². The number of aliphatic hydroxyl groups excluding tert-OH is 1. The molecular formula is C28H39F3N4O4. The van der Waals surface area contributed by atoms with Crippen LogP contribution in [-0.2, 0) is 22.5 Å². The predicted molar refractivity (Wildman–Crippen MR) is 144 cm³/mol. The molecule has 2 amide bonds. The third kappa shape index (κ3) is 11.1. The fourth-order valence-electron chi connectivity index (χ4n) is 3.96. The SMILES string of the molecule is CCN(CC)c1ccc(CN(CC(O)C(Cc2ccccc2)NC(=O)C(F)(F)F)NC(=O)OC(C)(C)C)cc1. The topological polar surface area (TPSA) is 94.1 Å². The van der Waals surface area contributed by atoms with E-state index >= 15 is 0 Å². The summed E-state index contributed by atoms with van der Waals surface area (Å²) in [6.07, 6.45) is -7.42. The van der Waals surface area contributed by atoms with Crippen LogP contribution in [0.3, 0.4) is 0 Å². The number of rotatable bonds is 12. The van der Waals surface area contributed by atoms with Gasteiger partial charge in [-0.25, -0.2) is 9.80 Å². The van der Waals surface area contributed by atoms with Gasteiger partial charge in [0.2, 0.25) is 0 Å². The van der Waals surface area contributed by atoms with Crippen LogP contribution in [-0.4, -0.2) is 65.7 Å². The number of ether oxygens (including phenoxy) is 1. The second-order valence-electron chi connectivity index (χ2n) is 10.2. The molecule has 0 saturated heterocycles. The highest BCUT2D eigenvalue weighted by Crippen LogP contribution is 2.18. The number of hydrazine groups is 1. The standard InChI is InChI=1S/C28H39F3N4O4/c1-6-34(7-2)22-15-13-21(14-16-22)18-35(33-26(38)39-27(3,4)5)19-24(36)23(32-25(37)28(29,30)31)17-20-11-9-8-10-12-20/h8-16,23-24,36H,6-7,17-19H2,1-5H3,(H,32,37)(H,33,38). The number of hydrogen-bond donors (Lipinski definition) is 3. The molecule has 0 spiro atoms. The summed E-state index contributed by atoms with van der Waals surface area (Å²) >= 11 is 0. The average molecular weight is 553 g/mol. The Hall–Kier alpha value is -3.31. The van der Waals surface area contributed by atoms with Crippen molar-refractivity contribution in [2.75, 3.05) is 24.5 Å². The minimum absolute atomic E-state index is 0.0529. The molecule has 0 aliphatic heterocycles. The highest BCUT2D eigenvalue weighted by Gasteiger charge is 2.41. The second-order valence-corrected chi connectivity index (χ2v) is 10.2. The van der Waals surface area contributed by atoms with Crippen molar-refractivity contribution in [3.05, 3.63) is 65.7 Å². The van der Waals surface area contributed by atoms with Gasteiger partial charge < -0.3 is 20.1 Å². The molecular weight excluding hydrogens is 513 g/mol. The Kier molecular flexibility index (Phi) is 11.6. The van der Waals surface area contributed by atoms with Crippen molar-refractivity contribution in [1.29, 1.82) is 0 Å². The first-order chi connectivity index (χ1) is 18.2. The van der Waals surface area contributed by atoms with E-state index in [-0.39, 0.29) is 19.5 Å². The molecule has 0 heterocycles. The van der Waals surface area contributed by atoms with Gasteiger partial charge in [-0.3, -0.25) is 10.2 Å². The molecule has 216 valence electrons. The lowest BCUT2D eigenvalue weighted by molar-refractivity contribution is -0.175. The molecule has 0 radical (unpaired) electrons. The normalized spacial score (nSPS) is 13.5. The summed E-state index contributed by atoms with van der Waals surface area (Å²) in [5.74, 6) is -2.15. The van der Waals surface area contributed by atoms with Gasteiger partial charge in [0.25, 0.3) is 0 Å². The van der Waals surface area contributed by atoms with E-state index in [1.807, 2.05) is 29.6 Å². The minimum atomic E-state index is -5.12. The van der Waals surface area contributed by atoms with Crippen LogP contribution >= 0.6 is 0 Å². The van der Waals surface area contributed by atoms with Crippen LogP contribution < -0.4 is 15.6 Å². The molecule has 2 unspecified atom stereocenters. The highest BCUT2D eigenvalue weighted by atomic mass is 19.4. The second kappa shape index (κ2) is 14.2. The third-order valence-electron chi connectivity index (χ3n) is 5.83. The molecule has 39 heavy (non-hydrogen) atoms. The summed E-state index contributed by atoms with van der Waals surface area (Å²) in [5.41, 5.74) is 4.22. The van der Waals surface area contributed by atoms with Crippen LogP contribution in [0, 0.1) is 0 Å². The fourth-order valence-corrected chi connectivity index (χ4v) is 3.96. The number of amides is 2. The van der Waals surface area contributed by atoms with E-state index in [2.05, 4.69) is 24.2 Å². The summed E-state index contributed by atoms with van der Waals surface area (Å²) < 4.78 is 44.5. The van der Waals surface area contributed by atoms with Crippen LogP contribution in [0.25, 0.3) is 0 Å². The van der Waals surface area contributed by atoms with E-state index in [4.69, 9.17) is 4.74 Å². The van der Waals surface area contributed by atoms with Crippen LogP contribution in [0.1, 0.15) is 45.7 Å². The number of nitrogens with zero attached hydrogens (tertiary/aromatic N) is 2. The van der Waals surface area contributed by atoms with Crippen molar-refractivity contribution < 1.29 is 32.6 Å². The lowest BCUT2D eigenvalue weighted by Crippen LogP contribution is -2.55. The Labute approximate surface area is 228 Å². The van der Waals surface area contributed by atoms with Crippen molar-refractivity contribution in [3.63, 3.8) is 0 Å². The number of aliphatic hydroxyl groups is 1. The Morgan fingerprint density at radius 2 is 1.54 bits per heavy atom. The Balaban J connectivity index is 2.27. The molecule has 0 aromatic heterocycles. The average Bonchev–Trinajstić information content (AvgIpc) is 2.84. The molecule has 0 aliphatic carbocycles. The van der Waals surface area contributed by atoms with Gasteiger partial charge in [-0.05, 0) is 64.3 Å². The zero-order chi connectivity index (χ0) is 29.2. The molecule has 11 heteroatoms. The maximum Gasteiger partial charge on any atom is 0.471 e. The molecule has 2 rings (SSSR count). The monoisotopic (exact) mass is 552 g/mol. The smallest absolute Gasteiger partial charge is 0.443 e. The largest absolute Gasteiger partial charge is 0.471 e. The van der Waals surface area contributed by atoms with E-state index in [0.29, 0.717) is 5.56 Å². The number of carbonyl (C=O) groups is 2. The van der Waals surface area contributed by atoms with Crippen molar-refractivity contribution >= 4 is 17.7 Å². The van der Waals surface area contributed by atoms with Gasteiger partial charge in [0, 0.05) is 31.9 Å². The van der Waals surface area contributed by atoms with Crippen molar-refractivity contribution in [2.45, 2.75) is 71.5 Å². The molecule has 0 saturated carbocycles. The first kappa shape index (κ1) is 31.9. The van der Waals surface area contributed by atoms with E-state index in [0.717, 1.165) is 24.3 Å². The Morgan fingerprint density at radius 3 is 2.05 bits per heavy atom. The van der Waals surface area contributed by atoms with Crippen molar-refractivity contribution in [1.82, 2.24) is 15.8 Å². The number of hydrogen-bond acceptors (Lipinski definition) is 6. The van der Waals surface area contributed by atoms with Gasteiger partial charge in [-0.15, -0.1) is 0 Å². The lowest BCUT2D eigenvalue weighted by atomic mass is 10.0. The fraction of sp³-hybridized carbons (Fsp3) is 0.500. The van der Waals surface area contributed by atoms with E-state index in [1.165, 1.54) is 5.01 Å². The molecule has 2 atom stereocenters. The quantitative estimate of drug-likeness (QED) is 0.338. The van der Waals surface area contributed by atoms with E-state index in [1.54, 1.807) is 51.1 Å². The van der Waals surface area contributed by atoms with Crippen LogP contribution in [0.2, 0.25) is 0 Å². The molecule has 0 aliphatic rings. The zero-order valence-corrected chi connectivity index (χ0v) is 23.1. The maximum absolute atomic E-state index is 13.1. The number of benzene rings is 2.